The lowest BCUT2D eigenvalue weighted by Gasteiger charge is -2.12. The first-order valence-corrected chi connectivity index (χ1v) is 9.23. The van der Waals surface area contributed by atoms with Gasteiger partial charge in [-0.05, 0) is 72.6 Å². The molecule has 0 amide bonds. The van der Waals surface area contributed by atoms with Crippen LogP contribution in [0.25, 0.3) is 0 Å². The number of methoxy groups -OCH3 is 1. The second kappa shape index (κ2) is 9.03. The van der Waals surface area contributed by atoms with E-state index in [-0.39, 0.29) is 16.9 Å². The Hall–Kier alpha value is -3.65. The van der Waals surface area contributed by atoms with Crippen molar-refractivity contribution in [3.8, 4) is 17.2 Å². The Morgan fingerprint density at radius 1 is 0.862 bits per heavy atom. The van der Waals surface area contributed by atoms with Crippen LogP contribution in [-0.4, -0.2) is 29.3 Å². The molecular weight excluding hydrogens is 394 g/mol. The third kappa shape index (κ3) is 5.20. The molecule has 0 spiro atoms. The maximum Gasteiger partial charge on any atom is 0.337 e. The third-order valence-corrected chi connectivity index (χ3v) is 4.71. The summed E-state index contributed by atoms with van der Waals surface area (Å²) in [7, 11) is 1.58. The molecule has 0 aliphatic carbocycles. The third-order valence-electron chi connectivity index (χ3n) is 3.88. The minimum Gasteiger partial charge on any atom is -0.497 e. The van der Waals surface area contributed by atoms with E-state index < -0.39 is 11.9 Å². The Bertz CT molecular complexity index is 1040. The molecule has 3 aromatic rings. The van der Waals surface area contributed by atoms with Gasteiger partial charge in [-0.2, -0.15) is 0 Å². The van der Waals surface area contributed by atoms with Gasteiger partial charge >= 0.3 is 11.9 Å². The first-order valence-electron chi connectivity index (χ1n) is 8.42. The van der Waals surface area contributed by atoms with Crippen LogP contribution < -0.4 is 14.2 Å². The minimum absolute atomic E-state index is 0.0258. The SMILES string of the molecule is COc1ccc(SNc2ccc(Oc3cccc(C(=O)O)c3)cc2C(=O)O)cc1. The highest BCUT2D eigenvalue weighted by molar-refractivity contribution is 8.00. The number of ether oxygens (including phenoxy) is 2. The molecule has 0 aromatic heterocycles. The van der Waals surface area contributed by atoms with Gasteiger partial charge in [0.25, 0.3) is 0 Å². The summed E-state index contributed by atoms with van der Waals surface area (Å²) in [5, 5.41) is 18.6. The van der Waals surface area contributed by atoms with E-state index in [0.717, 1.165) is 10.6 Å². The summed E-state index contributed by atoms with van der Waals surface area (Å²) >= 11 is 1.26. The number of carboxylic acid groups (broad SMARTS) is 2. The van der Waals surface area contributed by atoms with Crippen molar-refractivity contribution in [2.75, 3.05) is 11.8 Å². The van der Waals surface area contributed by atoms with Crippen LogP contribution in [0.4, 0.5) is 5.69 Å². The van der Waals surface area contributed by atoms with Gasteiger partial charge in [-0.3, -0.25) is 0 Å². The van der Waals surface area contributed by atoms with Crippen molar-refractivity contribution in [3.05, 3.63) is 77.9 Å². The molecule has 0 saturated heterocycles. The van der Waals surface area contributed by atoms with Crippen molar-refractivity contribution < 1.29 is 29.3 Å². The van der Waals surface area contributed by atoms with Gasteiger partial charge in [-0.15, -0.1) is 0 Å². The fourth-order valence-corrected chi connectivity index (χ4v) is 3.12. The molecule has 0 bridgehead atoms. The smallest absolute Gasteiger partial charge is 0.337 e. The van der Waals surface area contributed by atoms with E-state index in [1.165, 1.54) is 30.1 Å². The lowest BCUT2D eigenvalue weighted by molar-refractivity contribution is 0.0686. The molecule has 0 unspecified atom stereocenters. The normalized spacial score (nSPS) is 10.2. The van der Waals surface area contributed by atoms with Crippen molar-refractivity contribution in [3.63, 3.8) is 0 Å². The number of aromatic carboxylic acids is 2. The van der Waals surface area contributed by atoms with Crippen molar-refractivity contribution in [2.45, 2.75) is 4.90 Å². The van der Waals surface area contributed by atoms with Gasteiger partial charge in [0.2, 0.25) is 0 Å². The summed E-state index contributed by atoms with van der Waals surface area (Å²) in [5.41, 5.74) is 0.512. The second-order valence-electron chi connectivity index (χ2n) is 5.83. The fourth-order valence-electron chi connectivity index (χ4n) is 2.44. The first-order chi connectivity index (χ1) is 14.0. The van der Waals surface area contributed by atoms with Crippen LogP contribution in [-0.2, 0) is 0 Å². The topological polar surface area (TPSA) is 105 Å². The van der Waals surface area contributed by atoms with Gasteiger partial charge < -0.3 is 24.4 Å². The van der Waals surface area contributed by atoms with Gasteiger partial charge in [0.1, 0.15) is 17.2 Å². The van der Waals surface area contributed by atoms with E-state index in [0.29, 0.717) is 11.4 Å². The predicted octanol–water partition coefficient (Wildman–Crippen LogP) is 5.00. The van der Waals surface area contributed by atoms with Crippen molar-refractivity contribution in [2.24, 2.45) is 0 Å². The summed E-state index contributed by atoms with van der Waals surface area (Å²) in [6.07, 6.45) is 0. The monoisotopic (exact) mass is 411 g/mol. The van der Waals surface area contributed by atoms with Crippen LogP contribution in [0.1, 0.15) is 20.7 Å². The number of hydrogen-bond donors (Lipinski definition) is 3. The van der Waals surface area contributed by atoms with Gasteiger partial charge in [0.15, 0.2) is 0 Å². The molecule has 0 aliphatic rings. The van der Waals surface area contributed by atoms with E-state index in [1.807, 2.05) is 24.3 Å². The standard InChI is InChI=1S/C21H17NO6S/c1-27-14-5-8-17(9-6-14)29-22-19-10-7-16(12-18(19)21(25)26)28-15-4-2-3-13(11-15)20(23)24/h2-12,22H,1H3,(H,23,24)(H,25,26). The van der Waals surface area contributed by atoms with Crippen molar-refractivity contribution in [1.29, 1.82) is 0 Å². The number of nitrogens with one attached hydrogen (secondary N) is 1. The maximum absolute atomic E-state index is 11.7. The predicted molar refractivity (Wildman–Crippen MR) is 109 cm³/mol. The lowest BCUT2D eigenvalue weighted by Crippen LogP contribution is -2.02. The summed E-state index contributed by atoms with van der Waals surface area (Å²) in [5.74, 6) is -0.877. The zero-order valence-electron chi connectivity index (χ0n) is 15.3. The molecule has 7 nitrogen and oxygen atoms in total. The molecule has 3 aromatic carbocycles. The Balaban J connectivity index is 1.76. The molecule has 0 fully saturated rings. The average Bonchev–Trinajstić information content (AvgIpc) is 2.73. The van der Waals surface area contributed by atoms with E-state index in [2.05, 4.69) is 4.72 Å². The van der Waals surface area contributed by atoms with Gasteiger partial charge in [0.05, 0.1) is 23.9 Å². The molecule has 0 radical (unpaired) electrons. The van der Waals surface area contributed by atoms with Crippen LogP contribution in [0.3, 0.4) is 0 Å². The zero-order valence-corrected chi connectivity index (χ0v) is 16.1. The Labute approximate surface area is 171 Å². The van der Waals surface area contributed by atoms with Crippen LogP contribution >= 0.6 is 11.9 Å². The van der Waals surface area contributed by atoms with Crippen molar-refractivity contribution in [1.82, 2.24) is 0 Å². The highest BCUT2D eigenvalue weighted by atomic mass is 32.2. The Morgan fingerprint density at radius 3 is 2.21 bits per heavy atom. The number of carboxylic acids is 2. The van der Waals surface area contributed by atoms with Gasteiger partial charge in [-0.1, -0.05) is 6.07 Å². The lowest BCUT2D eigenvalue weighted by atomic mass is 10.1. The van der Waals surface area contributed by atoms with Gasteiger partial charge in [0, 0.05) is 4.90 Å². The second-order valence-corrected chi connectivity index (χ2v) is 6.71. The van der Waals surface area contributed by atoms with E-state index in [4.69, 9.17) is 14.6 Å². The van der Waals surface area contributed by atoms with Crippen LogP contribution in [0.15, 0.2) is 71.6 Å². The number of carbonyl (C=O) groups is 2. The number of anilines is 1. The molecule has 29 heavy (non-hydrogen) atoms. The van der Waals surface area contributed by atoms with Crippen molar-refractivity contribution >= 4 is 29.6 Å². The quantitative estimate of drug-likeness (QED) is 0.445. The molecular formula is C21H17NO6S. The minimum atomic E-state index is -1.12. The zero-order chi connectivity index (χ0) is 20.8. The summed E-state index contributed by atoms with van der Waals surface area (Å²) in [6, 6.07) is 17.9. The highest BCUT2D eigenvalue weighted by Gasteiger charge is 2.13. The first kappa shape index (κ1) is 20.1. The molecule has 0 atom stereocenters. The average molecular weight is 411 g/mol. The van der Waals surface area contributed by atoms with Crippen LogP contribution in [0.5, 0.6) is 17.2 Å². The number of hydrogen-bond acceptors (Lipinski definition) is 6. The Kier molecular flexibility index (Phi) is 6.25. The van der Waals surface area contributed by atoms with Crippen LogP contribution in [0, 0.1) is 0 Å². The molecule has 3 rings (SSSR count). The summed E-state index contributed by atoms with van der Waals surface area (Å²) in [6.45, 7) is 0. The maximum atomic E-state index is 11.7. The molecule has 0 heterocycles. The van der Waals surface area contributed by atoms with E-state index in [1.54, 1.807) is 31.4 Å². The summed E-state index contributed by atoms with van der Waals surface area (Å²) < 4.78 is 13.8. The van der Waals surface area contributed by atoms with E-state index >= 15 is 0 Å². The molecule has 3 N–H and O–H groups in total. The molecule has 0 aliphatic heterocycles. The van der Waals surface area contributed by atoms with E-state index in [9.17, 15) is 14.7 Å². The van der Waals surface area contributed by atoms with Crippen LogP contribution in [0.2, 0.25) is 0 Å². The fraction of sp³-hybridized carbons (Fsp3) is 0.0476. The largest absolute Gasteiger partial charge is 0.497 e. The van der Waals surface area contributed by atoms with Gasteiger partial charge in [-0.25, -0.2) is 9.59 Å². The number of benzene rings is 3. The molecule has 8 heteroatoms. The molecule has 0 saturated carbocycles. The Morgan fingerprint density at radius 2 is 1.55 bits per heavy atom. The number of rotatable bonds is 8. The summed E-state index contributed by atoms with van der Waals surface area (Å²) in [4.78, 5) is 23.6. The molecule has 148 valence electrons. The highest BCUT2D eigenvalue weighted by Crippen LogP contribution is 2.30.